The van der Waals surface area contributed by atoms with Gasteiger partial charge in [0.1, 0.15) is 36.8 Å². The first-order valence-corrected chi connectivity index (χ1v) is 32.4. The molecule has 0 fully saturated rings. The van der Waals surface area contributed by atoms with E-state index in [0.717, 1.165) is 103 Å². The Morgan fingerprint density at radius 3 is 0.721 bits per heavy atom. The molecule has 0 bridgehead atoms. The predicted octanol–water partition coefficient (Wildman–Crippen LogP) is 6.47. The van der Waals surface area contributed by atoms with Crippen LogP contribution in [0.5, 0.6) is 0 Å². The number of unbranched alkanes of at least 4 members (excludes halogenated alkanes) is 25. The first kappa shape index (κ1) is 93.0. The zero-order chi connectivity index (χ0) is 66.4. The quantitative estimate of drug-likeness (QED) is 0.0229. The van der Waals surface area contributed by atoms with Crippen molar-refractivity contribution in [3.8, 4) is 0 Å². The zero-order valence-electron chi connectivity index (χ0n) is 53.6. The summed E-state index contributed by atoms with van der Waals surface area (Å²) in [6.45, 7) is 7.13. The van der Waals surface area contributed by atoms with Gasteiger partial charge in [-0.15, -0.1) is 0 Å². The molecule has 0 aliphatic carbocycles. The number of hydrogen-bond acceptors (Lipinski definition) is 20. The van der Waals surface area contributed by atoms with Crippen LogP contribution in [0, 0.1) is 0 Å². The number of carbonyl (C=O) groups is 7. The highest BCUT2D eigenvalue weighted by atomic mass is 16.6. The lowest BCUT2D eigenvalue weighted by Crippen LogP contribution is -2.29. The average Bonchev–Trinajstić information content (AvgIpc) is 3.50. The van der Waals surface area contributed by atoms with E-state index in [-0.39, 0.29) is 25.2 Å². The lowest BCUT2D eigenvalue weighted by atomic mass is 10.1. The maximum Gasteiger partial charge on any atom is 0.320 e. The standard InChI is InChI=1S/C31H60O5.5C6H14N2O2/c1-3-5-7-9-11-13-15-17-19-21-23-25-30(33)35-28-29(27-32)36-31(34)26-24-22-20-18-16-14-12-10-8-6-4-2;5*7-4-2-1-3-5(8)6(9)10/h29,32H,3-28H2,1-2H3;5*5H,1-4,7-8H2,(H,9,10)/t;5*5-/m.00000/s1. The Hall–Kier alpha value is -4.15. The highest BCUT2D eigenvalue weighted by Gasteiger charge is 2.17. The molecule has 0 radical (unpaired) electrons. The van der Waals surface area contributed by atoms with Crippen molar-refractivity contribution in [3.05, 3.63) is 0 Å². The maximum absolute atomic E-state index is 12.0. The van der Waals surface area contributed by atoms with Crippen molar-refractivity contribution < 1.29 is 73.7 Å². The van der Waals surface area contributed by atoms with Crippen molar-refractivity contribution in [1.82, 2.24) is 0 Å². The van der Waals surface area contributed by atoms with E-state index in [4.69, 9.17) is 92.3 Å². The minimum atomic E-state index is -0.933. The molecule has 0 aromatic heterocycles. The van der Waals surface area contributed by atoms with Gasteiger partial charge in [0, 0.05) is 12.8 Å². The fraction of sp³-hybridized carbons (Fsp3) is 0.885. The first-order chi connectivity index (χ1) is 41.0. The number of carboxylic acids is 5. The first-order valence-electron chi connectivity index (χ1n) is 32.4. The molecule has 0 aliphatic rings. The maximum atomic E-state index is 12.0. The molecule has 0 rings (SSSR count). The molecule has 0 aromatic carbocycles. The summed E-state index contributed by atoms with van der Waals surface area (Å²) in [5.74, 6) is -5.25. The molecule has 0 aliphatic heterocycles. The van der Waals surface area contributed by atoms with E-state index in [1.165, 1.54) is 103 Å². The Kier molecular flexibility index (Phi) is 81.2. The number of aliphatic hydroxyl groups excluding tert-OH is 1. The highest BCUT2D eigenvalue weighted by Crippen LogP contribution is 2.14. The second-order valence-electron chi connectivity index (χ2n) is 21.7. The van der Waals surface area contributed by atoms with Gasteiger partial charge in [-0.05, 0) is 110 Å². The van der Waals surface area contributed by atoms with Crippen LogP contribution in [0.3, 0.4) is 0 Å². The van der Waals surface area contributed by atoms with Gasteiger partial charge in [0.2, 0.25) is 0 Å². The van der Waals surface area contributed by atoms with Crippen molar-refractivity contribution in [2.45, 2.75) is 301 Å². The number of aliphatic hydroxyl groups is 1. The molecule has 0 aromatic rings. The summed E-state index contributed by atoms with van der Waals surface area (Å²) in [5, 5.41) is 51.1. The minimum absolute atomic E-state index is 0.0582. The van der Waals surface area contributed by atoms with Crippen LogP contribution in [0.4, 0.5) is 0 Å². The van der Waals surface area contributed by atoms with Crippen molar-refractivity contribution >= 4 is 41.8 Å². The summed E-state index contributed by atoms with van der Waals surface area (Å²) in [6, 6.07) is -3.58. The van der Waals surface area contributed by atoms with Gasteiger partial charge in [-0.1, -0.05) is 174 Å². The SMILES string of the molecule is CCCCCCCCCCCCCC(=O)OCC(CO)OC(=O)CCCCCCCCCCCCC.NCCCC[C@H](N)C(=O)O.NCCCC[C@H](N)C(=O)O.NCCCC[C@H](N)C(=O)O.NCCCC[C@H](N)C(=O)O.NCCCC[C@H](N)C(=O)O. The summed E-state index contributed by atoms with van der Waals surface area (Å²) >= 11 is 0. The number of nitrogens with two attached hydrogens (primary N) is 10. The second-order valence-corrected chi connectivity index (χ2v) is 21.7. The Balaban J connectivity index is -0.000000258. The molecule has 25 heteroatoms. The van der Waals surface area contributed by atoms with E-state index in [9.17, 15) is 38.7 Å². The van der Waals surface area contributed by atoms with E-state index < -0.39 is 66.2 Å². The van der Waals surface area contributed by atoms with Crippen LogP contribution in [0.1, 0.15) is 264 Å². The molecule has 514 valence electrons. The molecular weight excluding hydrogens is 1110 g/mol. The molecular formula is C61H130N10O15. The number of hydrogen-bond donors (Lipinski definition) is 16. The third-order valence-electron chi connectivity index (χ3n) is 13.3. The fourth-order valence-electron chi connectivity index (χ4n) is 7.65. The van der Waals surface area contributed by atoms with Crippen LogP contribution in [0.15, 0.2) is 0 Å². The third-order valence-corrected chi connectivity index (χ3v) is 13.3. The number of esters is 2. The van der Waals surface area contributed by atoms with Crippen LogP contribution < -0.4 is 57.3 Å². The Labute approximate surface area is 517 Å². The summed E-state index contributed by atoms with van der Waals surface area (Å²) in [5.41, 5.74) is 52.1. The van der Waals surface area contributed by atoms with Crippen LogP contribution in [0.25, 0.3) is 0 Å². The Morgan fingerprint density at radius 1 is 0.314 bits per heavy atom. The van der Waals surface area contributed by atoms with Crippen molar-refractivity contribution in [2.24, 2.45) is 57.3 Å². The number of carboxylic acid groups (broad SMARTS) is 5. The van der Waals surface area contributed by atoms with E-state index in [2.05, 4.69) is 13.8 Å². The van der Waals surface area contributed by atoms with Crippen LogP contribution in [-0.2, 0) is 43.0 Å². The molecule has 86 heavy (non-hydrogen) atoms. The van der Waals surface area contributed by atoms with Gasteiger partial charge in [0.25, 0.3) is 0 Å². The average molecular weight is 1240 g/mol. The van der Waals surface area contributed by atoms with Gasteiger partial charge in [0.05, 0.1) is 6.61 Å². The van der Waals surface area contributed by atoms with Crippen LogP contribution in [0.2, 0.25) is 0 Å². The number of aliphatic carboxylic acids is 5. The van der Waals surface area contributed by atoms with E-state index in [1.54, 1.807) is 0 Å². The van der Waals surface area contributed by atoms with Gasteiger partial charge in [-0.3, -0.25) is 33.6 Å². The summed E-state index contributed by atoms with van der Waals surface area (Å²) in [6.07, 6.45) is 38.0. The minimum Gasteiger partial charge on any atom is -0.480 e. The Bertz CT molecular complexity index is 1380. The number of carbonyl (C=O) groups excluding carboxylic acids is 2. The molecule has 1 unspecified atom stereocenters. The molecule has 25 nitrogen and oxygen atoms in total. The predicted molar refractivity (Wildman–Crippen MR) is 343 cm³/mol. The van der Waals surface area contributed by atoms with Gasteiger partial charge < -0.3 is 97.4 Å². The normalized spacial score (nSPS) is 12.6. The lowest BCUT2D eigenvalue weighted by molar-refractivity contribution is -0.161. The number of ether oxygens (including phenoxy) is 2. The molecule has 0 heterocycles. The van der Waals surface area contributed by atoms with Gasteiger partial charge in [-0.2, -0.15) is 0 Å². The highest BCUT2D eigenvalue weighted by molar-refractivity contribution is 5.74. The van der Waals surface area contributed by atoms with Crippen LogP contribution >= 0.6 is 0 Å². The number of rotatable bonds is 53. The summed E-state index contributed by atoms with van der Waals surface area (Å²) < 4.78 is 10.5. The third kappa shape index (κ3) is 81.9. The van der Waals surface area contributed by atoms with E-state index in [1.807, 2.05) is 0 Å². The lowest BCUT2D eigenvalue weighted by Gasteiger charge is -2.15. The smallest absolute Gasteiger partial charge is 0.320 e. The monoisotopic (exact) mass is 1240 g/mol. The molecule has 6 atom stereocenters. The largest absolute Gasteiger partial charge is 0.480 e. The zero-order valence-corrected chi connectivity index (χ0v) is 53.6. The van der Waals surface area contributed by atoms with Crippen molar-refractivity contribution in [2.75, 3.05) is 45.9 Å². The molecule has 0 spiro atoms. The molecule has 0 saturated carbocycles. The van der Waals surface area contributed by atoms with Crippen LogP contribution in [-0.4, -0.2) is 155 Å². The van der Waals surface area contributed by atoms with Gasteiger partial charge in [0.15, 0.2) is 6.10 Å². The van der Waals surface area contributed by atoms with Crippen molar-refractivity contribution in [3.63, 3.8) is 0 Å². The molecule has 0 amide bonds. The Morgan fingerprint density at radius 2 is 0.523 bits per heavy atom. The van der Waals surface area contributed by atoms with E-state index in [0.29, 0.717) is 77.7 Å². The second kappa shape index (κ2) is 75.1. The molecule has 0 saturated heterocycles. The fourth-order valence-corrected chi connectivity index (χ4v) is 7.65. The van der Waals surface area contributed by atoms with Gasteiger partial charge >= 0.3 is 41.8 Å². The topological polar surface area (TPSA) is 520 Å². The van der Waals surface area contributed by atoms with Crippen molar-refractivity contribution in [1.29, 1.82) is 0 Å². The van der Waals surface area contributed by atoms with E-state index >= 15 is 0 Å². The summed E-state index contributed by atoms with van der Waals surface area (Å²) in [7, 11) is 0. The van der Waals surface area contributed by atoms with Gasteiger partial charge in [-0.25, -0.2) is 0 Å². The molecule has 26 N–H and O–H groups in total. The summed E-state index contributed by atoms with van der Waals surface area (Å²) in [4.78, 5) is 74.7.